The van der Waals surface area contributed by atoms with E-state index >= 15 is 0 Å². The van der Waals surface area contributed by atoms with Gasteiger partial charge in [-0.05, 0) is 36.6 Å². The fourth-order valence-electron chi connectivity index (χ4n) is 1.81. The molecule has 0 amide bonds. The molecule has 3 N–H and O–H groups in total. The number of rotatable bonds is 5. The summed E-state index contributed by atoms with van der Waals surface area (Å²) in [5, 5.41) is 0. The number of aromatic nitrogens is 2. The number of aryl methyl sites for hydroxylation is 1. The van der Waals surface area contributed by atoms with Crippen LogP contribution in [0.5, 0.6) is 0 Å². The SMILES string of the molecule is Cc1cc(F)ccc1CCNS(=O)(=O)c1cnc(N)nc1. The molecule has 2 aromatic rings. The molecule has 112 valence electrons. The smallest absolute Gasteiger partial charge is 0.243 e. The van der Waals surface area contributed by atoms with Crippen molar-refractivity contribution in [3.63, 3.8) is 0 Å². The molecule has 0 atom stereocenters. The molecule has 0 fully saturated rings. The van der Waals surface area contributed by atoms with Gasteiger partial charge in [-0.25, -0.2) is 27.5 Å². The summed E-state index contributed by atoms with van der Waals surface area (Å²) in [5.74, 6) is -0.299. The summed E-state index contributed by atoms with van der Waals surface area (Å²) in [6, 6.07) is 4.41. The lowest BCUT2D eigenvalue weighted by molar-refractivity contribution is 0.580. The molecular weight excluding hydrogens is 295 g/mol. The van der Waals surface area contributed by atoms with Gasteiger partial charge in [0.05, 0.1) is 12.4 Å². The van der Waals surface area contributed by atoms with Gasteiger partial charge in [0.1, 0.15) is 10.7 Å². The van der Waals surface area contributed by atoms with Crippen molar-refractivity contribution in [1.82, 2.24) is 14.7 Å². The maximum atomic E-state index is 13.0. The zero-order valence-electron chi connectivity index (χ0n) is 11.4. The van der Waals surface area contributed by atoms with E-state index in [4.69, 9.17) is 5.73 Å². The number of hydrogen-bond acceptors (Lipinski definition) is 5. The van der Waals surface area contributed by atoms with Crippen LogP contribution in [0.15, 0.2) is 35.5 Å². The van der Waals surface area contributed by atoms with Gasteiger partial charge in [-0.15, -0.1) is 0 Å². The first-order valence-corrected chi connectivity index (χ1v) is 7.69. The Morgan fingerprint density at radius 2 is 1.95 bits per heavy atom. The quantitative estimate of drug-likeness (QED) is 0.859. The third-order valence-corrected chi connectivity index (χ3v) is 4.37. The van der Waals surface area contributed by atoms with E-state index in [9.17, 15) is 12.8 Å². The van der Waals surface area contributed by atoms with Gasteiger partial charge in [-0.2, -0.15) is 0 Å². The standard InChI is InChI=1S/C13H15FN4O2S/c1-9-6-11(14)3-2-10(9)4-5-18-21(19,20)12-7-16-13(15)17-8-12/h2-3,6-8,18H,4-5H2,1H3,(H2,15,16,17). The van der Waals surface area contributed by atoms with Gasteiger partial charge in [0, 0.05) is 6.54 Å². The molecule has 0 saturated heterocycles. The van der Waals surface area contributed by atoms with Gasteiger partial charge in [0.2, 0.25) is 16.0 Å². The van der Waals surface area contributed by atoms with Crippen molar-refractivity contribution >= 4 is 16.0 Å². The summed E-state index contributed by atoms with van der Waals surface area (Å²) >= 11 is 0. The number of nitrogen functional groups attached to an aromatic ring is 1. The van der Waals surface area contributed by atoms with Crippen LogP contribution in [0, 0.1) is 12.7 Å². The summed E-state index contributed by atoms with van der Waals surface area (Å²) in [6.07, 6.45) is 2.75. The molecule has 0 aliphatic heterocycles. The maximum Gasteiger partial charge on any atom is 0.243 e. The summed E-state index contributed by atoms with van der Waals surface area (Å²) in [6.45, 7) is 1.97. The van der Waals surface area contributed by atoms with Crippen LogP contribution < -0.4 is 10.5 Å². The first-order chi connectivity index (χ1) is 9.88. The number of nitrogens with zero attached hydrogens (tertiary/aromatic N) is 2. The maximum absolute atomic E-state index is 13.0. The van der Waals surface area contributed by atoms with E-state index in [-0.39, 0.29) is 23.2 Å². The second-order valence-electron chi connectivity index (χ2n) is 4.50. The van der Waals surface area contributed by atoms with Gasteiger partial charge in [-0.1, -0.05) is 6.07 Å². The highest BCUT2D eigenvalue weighted by atomic mass is 32.2. The Morgan fingerprint density at radius 1 is 1.29 bits per heavy atom. The summed E-state index contributed by atoms with van der Waals surface area (Å²) in [5.41, 5.74) is 6.97. The van der Waals surface area contributed by atoms with Crippen LogP contribution in [-0.4, -0.2) is 24.9 Å². The van der Waals surface area contributed by atoms with Crippen molar-refractivity contribution in [2.45, 2.75) is 18.2 Å². The molecule has 0 unspecified atom stereocenters. The lowest BCUT2D eigenvalue weighted by Gasteiger charge is -2.08. The Labute approximate surface area is 122 Å². The van der Waals surface area contributed by atoms with Gasteiger partial charge < -0.3 is 5.73 Å². The summed E-state index contributed by atoms with van der Waals surface area (Å²) in [4.78, 5) is 7.23. The zero-order valence-corrected chi connectivity index (χ0v) is 12.2. The van der Waals surface area contributed by atoms with E-state index < -0.39 is 10.0 Å². The van der Waals surface area contributed by atoms with Crippen molar-refractivity contribution in [1.29, 1.82) is 0 Å². The number of hydrogen-bond donors (Lipinski definition) is 2. The van der Waals surface area contributed by atoms with Gasteiger partial charge >= 0.3 is 0 Å². The average Bonchev–Trinajstić information content (AvgIpc) is 2.41. The fraction of sp³-hybridized carbons (Fsp3) is 0.231. The highest BCUT2D eigenvalue weighted by Crippen LogP contribution is 2.11. The van der Waals surface area contributed by atoms with Crippen LogP contribution in [0.25, 0.3) is 0 Å². The summed E-state index contributed by atoms with van der Waals surface area (Å²) < 4.78 is 39.4. The predicted octanol–water partition coefficient (Wildman–Crippen LogP) is 1.03. The van der Waals surface area contributed by atoms with E-state index in [0.717, 1.165) is 23.5 Å². The number of anilines is 1. The number of benzene rings is 1. The van der Waals surface area contributed by atoms with Crippen LogP contribution in [0.4, 0.5) is 10.3 Å². The van der Waals surface area contributed by atoms with Crippen LogP contribution in [-0.2, 0) is 16.4 Å². The Kier molecular flexibility index (Phi) is 4.49. The molecule has 1 aromatic heterocycles. The van der Waals surface area contributed by atoms with Gasteiger partial charge in [0.25, 0.3) is 0 Å². The first kappa shape index (κ1) is 15.3. The molecule has 0 aliphatic rings. The molecule has 6 nitrogen and oxygen atoms in total. The zero-order chi connectivity index (χ0) is 15.5. The van der Waals surface area contributed by atoms with Crippen molar-refractivity contribution in [3.05, 3.63) is 47.5 Å². The molecule has 2 rings (SSSR count). The van der Waals surface area contributed by atoms with Crippen molar-refractivity contribution in [3.8, 4) is 0 Å². The monoisotopic (exact) mass is 310 g/mol. The summed E-state index contributed by atoms with van der Waals surface area (Å²) in [7, 11) is -3.67. The lowest BCUT2D eigenvalue weighted by Crippen LogP contribution is -2.26. The second-order valence-corrected chi connectivity index (χ2v) is 6.26. The Bertz CT molecular complexity index is 732. The van der Waals surface area contributed by atoms with Crippen LogP contribution >= 0.6 is 0 Å². The minimum Gasteiger partial charge on any atom is -0.368 e. The van der Waals surface area contributed by atoms with Crippen molar-refractivity contribution in [2.75, 3.05) is 12.3 Å². The Hall–Kier alpha value is -2.06. The van der Waals surface area contributed by atoms with E-state index in [1.807, 2.05) is 0 Å². The van der Waals surface area contributed by atoms with E-state index in [2.05, 4.69) is 14.7 Å². The van der Waals surface area contributed by atoms with Crippen LogP contribution in [0.2, 0.25) is 0 Å². The predicted molar refractivity (Wildman–Crippen MR) is 76.5 cm³/mol. The largest absolute Gasteiger partial charge is 0.368 e. The molecule has 21 heavy (non-hydrogen) atoms. The molecular formula is C13H15FN4O2S. The minimum atomic E-state index is -3.67. The van der Waals surface area contributed by atoms with E-state index in [1.54, 1.807) is 13.0 Å². The fourth-order valence-corrected chi connectivity index (χ4v) is 2.73. The molecule has 0 aliphatic carbocycles. The van der Waals surface area contributed by atoms with Crippen molar-refractivity contribution in [2.24, 2.45) is 0 Å². The molecule has 0 saturated carbocycles. The Balaban J connectivity index is 2.00. The Morgan fingerprint density at radius 3 is 2.57 bits per heavy atom. The molecule has 0 spiro atoms. The highest BCUT2D eigenvalue weighted by molar-refractivity contribution is 7.89. The topological polar surface area (TPSA) is 98.0 Å². The normalized spacial score (nSPS) is 11.5. The van der Waals surface area contributed by atoms with Gasteiger partial charge in [-0.3, -0.25) is 0 Å². The van der Waals surface area contributed by atoms with E-state index in [0.29, 0.717) is 6.42 Å². The average molecular weight is 310 g/mol. The van der Waals surface area contributed by atoms with Crippen molar-refractivity contribution < 1.29 is 12.8 Å². The van der Waals surface area contributed by atoms with Crippen LogP contribution in [0.3, 0.4) is 0 Å². The molecule has 1 aromatic carbocycles. The molecule has 0 bridgehead atoms. The third kappa shape index (κ3) is 3.96. The highest BCUT2D eigenvalue weighted by Gasteiger charge is 2.14. The van der Waals surface area contributed by atoms with Crippen LogP contribution in [0.1, 0.15) is 11.1 Å². The third-order valence-electron chi connectivity index (χ3n) is 2.95. The molecule has 8 heteroatoms. The lowest BCUT2D eigenvalue weighted by atomic mass is 10.1. The number of sulfonamides is 1. The number of nitrogens with one attached hydrogen (secondary N) is 1. The second kappa shape index (κ2) is 6.15. The number of halogens is 1. The number of nitrogens with two attached hydrogens (primary N) is 1. The molecule has 1 heterocycles. The molecule has 0 radical (unpaired) electrons. The minimum absolute atomic E-state index is 0.0101. The van der Waals surface area contributed by atoms with Gasteiger partial charge in [0.15, 0.2) is 0 Å². The van der Waals surface area contributed by atoms with E-state index in [1.165, 1.54) is 12.1 Å². The first-order valence-electron chi connectivity index (χ1n) is 6.21.